The number of carbonyl (C=O) groups is 3. The lowest BCUT2D eigenvalue weighted by molar-refractivity contribution is -0.138. The summed E-state index contributed by atoms with van der Waals surface area (Å²) < 4.78 is 0. The third-order valence-electron chi connectivity index (χ3n) is 3.66. The van der Waals surface area contributed by atoms with Gasteiger partial charge in [0.05, 0.1) is 0 Å². The zero-order valence-electron chi connectivity index (χ0n) is 13.2. The van der Waals surface area contributed by atoms with Gasteiger partial charge in [-0.25, -0.2) is 0 Å². The van der Waals surface area contributed by atoms with Crippen molar-refractivity contribution in [1.29, 1.82) is 0 Å². The molecule has 7 heteroatoms. The molecule has 1 aromatic rings. The van der Waals surface area contributed by atoms with Crippen LogP contribution in [0.1, 0.15) is 18.2 Å². The molecule has 0 aliphatic carbocycles. The molecule has 0 unspecified atom stereocenters. The highest BCUT2D eigenvalue weighted by atomic mass is 32.1. The van der Waals surface area contributed by atoms with Gasteiger partial charge < -0.3 is 15.1 Å². The predicted octanol–water partition coefficient (Wildman–Crippen LogP) is 0.958. The quantitative estimate of drug-likeness (QED) is 0.815. The van der Waals surface area contributed by atoms with E-state index in [-0.39, 0.29) is 24.1 Å². The molecule has 1 saturated heterocycles. The summed E-state index contributed by atoms with van der Waals surface area (Å²) in [5, 5.41) is 4.66. The van der Waals surface area contributed by atoms with E-state index in [1.165, 1.54) is 13.0 Å². The highest BCUT2D eigenvalue weighted by Gasteiger charge is 2.21. The van der Waals surface area contributed by atoms with Gasteiger partial charge in [-0.05, 0) is 17.5 Å². The SMILES string of the molecule is CC(=O)N1CCN(C(=O)CCNC(=O)C=Cc2cccs2)CC1. The molecule has 3 amide bonds. The van der Waals surface area contributed by atoms with Crippen molar-refractivity contribution in [1.82, 2.24) is 15.1 Å². The normalized spacial score (nSPS) is 15.0. The molecular formula is C16H21N3O3S. The van der Waals surface area contributed by atoms with Crippen LogP contribution in [0.2, 0.25) is 0 Å². The molecule has 1 aliphatic rings. The first-order valence-electron chi connectivity index (χ1n) is 7.59. The van der Waals surface area contributed by atoms with Crippen molar-refractivity contribution in [2.75, 3.05) is 32.7 Å². The number of amides is 3. The molecular weight excluding hydrogens is 314 g/mol. The molecule has 0 radical (unpaired) electrons. The molecule has 1 aromatic heterocycles. The lowest BCUT2D eigenvalue weighted by atomic mass is 10.2. The van der Waals surface area contributed by atoms with E-state index >= 15 is 0 Å². The standard InChI is InChI=1S/C16H21N3O3S/c1-13(20)18-8-10-19(11-9-18)16(22)6-7-17-15(21)5-4-14-3-2-12-23-14/h2-5,12H,6-11H2,1H3,(H,17,21). The van der Waals surface area contributed by atoms with Crippen LogP contribution in [-0.4, -0.2) is 60.2 Å². The van der Waals surface area contributed by atoms with Gasteiger partial charge in [-0.2, -0.15) is 0 Å². The molecule has 6 nitrogen and oxygen atoms in total. The van der Waals surface area contributed by atoms with Crippen molar-refractivity contribution in [3.63, 3.8) is 0 Å². The average molecular weight is 335 g/mol. The molecule has 1 aliphatic heterocycles. The summed E-state index contributed by atoms with van der Waals surface area (Å²) in [4.78, 5) is 39.4. The van der Waals surface area contributed by atoms with Gasteiger partial charge in [-0.1, -0.05) is 6.07 Å². The first kappa shape index (κ1) is 17.2. The van der Waals surface area contributed by atoms with E-state index in [2.05, 4.69) is 5.32 Å². The van der Waals surface area contributed by atoms with Crippen molar-refractivity contribution in [3.05, 3.63) is 28.5 Å². The van der Waals surface area contributed by atoms with Gasteiger partial charge in [0.25, 0.3) is 0 Å². The van der Waals surface area contributed by atoms with E-state index in [1.54, 1.807) is 27.2 Å². The summed E-state index contributed by atoms with van der Waals surface area (Å²) in [5.74, 6) is -0.148. The Bertz CT molecular complexity index is 575. The zero-order valence-corrected chi connectivity index (χ0v) is 14.0. The number of carbonyl (C=O) groups excluding carboxylic acids is 3. The Balaban J connectivity index is 1.65. The molecule has 0 saturated carbocycles. The maximum atomic E-state index is 12.1. The smallest absolute Gasteiger partial charge is 0.244 e. The van der Waals surface area contributed by atoms with Gasteiger partial charge in [0, 0.05) is 57.0 Å². The third kappa shape index (κ3) is 5.52. The average Bonchev–Trinajstić information content (AvgIpc) is 3.06. The minimum absolute atomic E-state index is 0.00994. The molecule has 1 N–H and O–H groups in total. The van der Waals surface area contributed by atoms with Crippen LogP contribution >= 0.6 is 11.3 Å². The molecule has 2 rings (SSSR count). The largest absolute Gasteiger partial charge is 0.352 e. The van der Waals surface area contributed by atoms with E-state index in [0.717, 1.165) is 4.88 Å². The molecule has 0 spiro atoms. The lowest BCUT2D eigenvalue weighted by Crippen LogP contribution is -2.50. The predicted molar refractivity (Wildman–Crippen MR) is 89.8 cm³/mol. The Hall–Kier alpha value is -2.15. The molecule has 0 aromatic carbocycles. The van der Waals surface area contributed by atoms with E-state index in [1.807, 2.05) is 17.5 Å². The first-order chi connectivity index (χ1) is 11.1. The van der Waals surface area contributed by atoms with Crippen LogP contribution in [0.25, 0.3) is 6.08 Å². The van der Waals surface area contributed by atoms with Crippen LogP contribution in [-0.2, 0) is 14.4 Å². The Morgan fingerprint density at radius 3 is 2.52 bits per heavy atom. The van der Waals surface area contributed by atoms with Crippen molar-refractivity contribution in [2.24, 2.45) is 0 Å². The maximum absolute atomic E-state index is 12.1. The number of nitrogens with zero attached hydrogens (tertiary/aromatic N) is 2. The number of thiophene rings is 1. The van der Waals surface area contributed by atoms with E-state index in [9.17, 15) is 14.4 Å². The van der Waals surface area contributed by atoms with Crippen molar-refractivity contribution in [2.45, 2.75) is 13.3 Å². The highest BCUT2D eigenvalue weighted by Crippen LogP contribution is 2.09. The van der Waals surface area contributed by atoms with E-state index in [4.69, 9.17) is 0 Å². The van der Waals surface area contributed by atoms with Crippen molar-refractivity contribution < 1.29 is 14.4 Å². The number of rotatable bonds is 5. The minimum atomic E-state index is -0.201. The van der Waals surface area contributed by atoms with Gasteiger partial charge in [0.15, 0.2) is 0 Å². The Morgan fingerprint density at radius 2 is 1.91 bits per heavy atom. The first-order valence-corrected chi connectivity index (χ1v) is 8.47. The van der Waals surface area contributed by atoms with Crippen LogP contribution < -0.4 is 5.32 Å². The van der Waals surface area contributed by atoms with Crippen LogP contribution in [0.4, 0.5) is 0 Å². The number of nitrogens with one attached hydrogen (secondary N) is 1. The van der Waals surface area contributed by atoms with E-state index < -0.39 is 0 Å². The Morgan fingerprint density at radius 1 is 1.22 bits per heavy atom. The summed E-state index contributed by atoms with van der Waals surface area (Å²) in [6.45, 7) is 4.14. The molecule has 2 heterocycles. The molecule has 23 heavy (non-hydrogen) atoms. The van der Waals surface area contributed by atoms with Crippen molar-refractivity contribution in [3.8, 4) is 0 Å². The molecule has 1 fully saturated rings. The van der Waals surface area contributed by atoms with Gasteiger partial charge >= 0.3 is 0 Å². The summed E-state index contributed by atoms with van der Waals surface area (Å²) in [6.07, 6.45) is 3.50. The van der Waals surface area contributed by atoms with Crippen LogP contribution in [0, 0.1) is 0 Å². The zero-order chi connectivity index (χ0) is 16.7. The number of piperazine rings is 1. The minimum Gasteiger partial charge on any atom is -0.352 e. The topological polar surface area (TPSA) is 69.7 Å². The molecule has 0 bridgehead atoms. The van der Waals surface area contributed by atoms with Gasteiger partial charge in [-0.15, -0.1) is 11.3 Å². The van der Waals surface area contributed by atoms with Crippen molar-refractivity contribution >= 4 is 35.1 Å². The van der Waals surface area contributed by atoms with Crippen LogP contribution in [0.5, 0.6) is 0 Å². The molecule has 0 atom stereocenters. The van der Waals surface area contributed by atoms with E-state index in [0.29, 0.717) is 32.7 Å². The highest BCUT2D eigenvalue weighted by molar-refractivity contribution is 7.10. The fourth-order valence-electron chi connectivity index (χ4n) is 2.32. The second kappa shape index (κ2) is 8.47. The number of hydrogen-bond donors (Lipinski definition) is 1. The summed E-state index contributed by atoms with van der Waals surface area (Å²) >= 11 is 1.56. The summed E-state index contributed by atoms with van der Waals surface area (Å²) in [7, 11) is 0. The van der Waals surface area contributed by atoms with Crippen LogP contribution in [0.3, 0.4) is 0 Å². The second-order valence-corrected chi connectivity index (χ2v) is 6.26. The summed E-state index contributed by atoms with van der Waals surface area (Å²) in [6, 6.07) is 3.85. The monoisotopic (exact) mass is 335 g/mol. The second-order valence-electron chi connectivity index (χ2n) is 5.28. The third-order valence-corrected chi connectivity index (χ3v) is 4.50. The van der Waals surface area contributed by atoms with Gasteiger partial charge in [-0.3, -0.25) is 14.4 Å². The number of hydrogen-bond acceptors (Lipinski definition) is 4. The maximum Gasteiger partial charge on any atom is 0.244 e. The Kier molecular flexibility index (Phi) is 6.34. The summed E-state index contributed by atoms with van der Waals surface area (Å²) in [5.41, 5.74) is 0. The van der Waals surface area contributed by atoms with Crippen LogP contribution in [0.15, 0.2) is 23.6 Å². The fourth-order valence-corrected chi connectivity index (χ4v) is 2.94. The lowest BCUT2D eigenvalue weighted by Gasteiger charge is -2.34. The van der Waals surface area contributed by atoms with Gasteiger partial charge in [0.1, 0.15) is 0 Å². The fraction of sp³-hybridized carbons (Fsp3) is 0.438. The molecule has 124 valence electrons. The van der Waals surface area contributed by atoms with Gasteiger partial charge in [0.2, 0.25) is 17.7 Å². The Labute approximate surface area is 139 Å².